The van der Waals surface area contributed by atoms with E-state index in [0.29, 0.717) is 57.9 Å². The molecule has 2 N–H and O–H groups in total. The standard InChI is InChI=1S/C26H33IN4O4/c1-30(12-15-35-18-27)10-8-28-21-6-2-4-19-23(21)25(32)20-5-3-7-22(24(20)26(19)33)29-9-11-31-13-16-34-17-14-31/h2-7,28-29H,8-18H2,1H3. The molecule has 0 saturated carbocycles. The zero-order valence-electron chi connectivity index (χ0n) is 20.1. The van der Waals surface area contributed by atoms with Gasteiger partial charge >= 0.3 is 0 Å². The fourth-order valence-electron chi connectivity index (χ4n) is 4.48. The monoisotopic (exact) mass is 592 g/mol. The summed E-state index contributed by atoms with van der Waals surface area (Å²) in [5.74, 6) is -0.223. The SMILES string of the molecule is CN(CCNc1cccc2c1C(=O)c1cccc(NCCN3CCOCC3)c1C2=O)CCOCI. The first-order valence-electron chi connectivity index (χ1n) is 12.1. The van der Waals surface area contributed by atoms with Gasteiger partial charge in [-0.3, -0.25) is 14.5 Å². The molecule has 0 bridgehead atoms. The highest BCUT2D eigenvalue weighted by Gasteiger charge is 2.33. The Morgan fingerprint density at radius 3 is 2.14 bits per heavy atom. The Hall–Kier alpha value is -2.05. The van der Waals surface area contributed by atoms with Crippen LogP contribution in [0.2, 0.25) is 0 Å². The summed E-state index contributed by atoms with van der Waals surface area (Å²) in [5.41, 5.74) is 3.27. The summed E-state index contributed by atoms with van der Waals surface area (Å²) in [5, 5.41) is 6.77. The lowest BCUT2D eigenvalue weighted by Crippen LogP contribution is -2.39. The van der Waals surface area contributed by atoms with E-state index in [1.807, 2.05) is 31.3 Å². The molecule has 188 valence electrons. The third kappa shape index (κ3) is 6.39. The van der Waals surface area contributed by atoms with Crippen LogP contribution >= 0.6 is 22.6 Å². The number of anilines is 2. The van der Waals surface area contributed by atoms with E-state index in [1.165, 1.54) is 0 Å². The number of nitrogens with zero attached hydrogens (tertiary/aromatic N) is 2. The van der Waals surface area contributed by atoms with Crippen molar-refractivity contribution in [2.45, 2.75) is 0 Å². The lowest BCUT2D eigenvalue weighted by Gasteiger charge is -2.27. The number of rotatable bonds is 12. The number of morpholine rings is 1. The molecule has 0 amide bonds. The van der Waals surface area contributed by atoms with Crippen LogP contribution in [0.1, 0.15) is 31.8 Å². The van der Waals surface area contributed by atoms with Gasteiger partial charge < -0.3 is 25.0 Å². The Morgan fingerprint density at radius 2 is 1.54 bits per heavy atom. The zero-order chi connectivity index (χ0) is 24.6. The average Bonchev–Trinajstić information content (AvgIpc) is 2.88. The molecule has 1 fully saturated rings. The van der Waals surface area contributed by atoms with Crippen LogP contribution in [0.4, 0.5) is 11.4 Å². The summed E-state index contributed by atoms with van der Waals surface area (Å²) < 4.78 is 11.5. The van der Waals surface area contributed by atoms with Crippen molar-refractivity contribution >= 4 is 45.5 Å². The van der Waals surface area contributed by atoms with Crippen molar-refractivity contribution in [3.63, 3.8) is 0 Å². The molecular formula is C26H33IN4O4. The van der Waals surface area contributed by atoms with Crippen LogP contribution in [0.3, 0.4) is 0 Å². The molecule has 8 nitrogen and oxygen atoms in total. The van der Waals surface area contributed by atoms with Crippen LogP contribution in [0.15, 0.2) is 36.4 Å². The summed E-state index contributed by atoms with van der Waals surface area (Å²) in [6.07, 6.45) is 0. The molecule has 1 aliphatic carbocycles. The number of nitrogens with one attached hydrogen (secondary N) is 2. The number of fused-ring (bicyclic) bond motifs is 2. The van der Waals surface area contributed by atoms with Crippen LogP contribution in [0, 0.1) is 0 Å². The summed E-state index contributed by atoms with van der Waals surface area (Å²) in [7, 11) is 2.04. The molecule has 0 aromatic heterocycles. The number of likely N-dealkylation sites (N-methyl/N-ethyl adjacent to an activating group) is 1. The molecule has 2 aromatic carbocycles. The topological polar surface area (TPSA) is 83.1 Å². The van der Waals surface area contributed by atoms with Gasteiger partial charge in [0.25, 0.3) is 0 Å². The maximum atomic E-state index is 13.6. The van der Waals surface area contributed by atoms with Crippen molar-refractivity contribution in [3.05, 3.63) is 58.7 Å². The smallest absolute Gasteiger partial charge is 0.196 e. The van der Waals surface area contributed by atoms with Crippen LogP contribution < -0.4 is 10.6 Å². The minimum Gasteiger partial charge on any atom is -0.383 e. The van der Waals surface area contributed by atoms with Gasteiger partial charge in [-0.1, -0.05) is 46.9 Å². The first-order chi connectivity index (χ1) is 17.1. The second-order valence-electron chi connectivity index (χ2n) is 8.74. The third-order valence-electron chi connectivity index (χ3n) is 6.42. The first kappa shape index (κ1) is 26.0. The highest BCUT2D eigenvalue weighted by atomic mass is 127. The van der Waals surface area contributed by atoms with Gasteiger partial charge in [0.15, 0.2) is 11.6 Å². The molecule has 0 atom stereocenters. The molecule has 1 saturated heterocycles. The van der Waals surface area contributed by atoms with Crippen LogP contribution in [0.5, 0.6) is 0 Å². The number of alkyl halides is 1. The molecule has 9 heteroatoms. The maximum Gasteiger partial charge on any atom is 0.196 e. The normalized spacial score (nSPS) is 15.7. The van der Waals surface area contributed by atoms with E-state index in [0.717, 1.165) is 45.9 Å². The minimum atomic E-state index is -0.113. The van der Waals surface area contributed by atoms with Gasteiger partial charge in [-0.05, 0) is 19.2 Å². The Morgan fingerprint density at radius 1 is 0.943 bits per heavy atom. The highest BCUT2D eigenvalue weighted by Crippen LogP contribution is 2.35. The molecule has 35 heavy (non-hydrogen) atoms. The van der Waals surface area contributed by atoms with Gasteiger partial charge in [0.1, 0.15) is 0 Å². The number of hydrogen-bond donors (Lipinski definition) is 2. The average molecular weight is 592 g/mol. The molecule has 1 heterocycles. The summed E-state index contributed by atoms with van der Waals surface area (Å²) in [6.45, 7) is 7.87. The second kappa shape index (κ2) is 12.8. The van der Waals surface area contributed by atoms with Crippen LogP contribution in [-0.4, -0.2) is 98.7 Å². The number of carbonyl (C=O) groups excluding carboxylic acids is 2. The molecule has 0 spiro atoms. The number of halogens is 1. The molecule has 1 aliphatic heterocycles. The Labute approximate surface area is 220 Å². The van der Waals surface area contributed by atoms with Gasteiger partial charge in [0.2, 0.25) is 0 Å². The second-order valence-corrected chi connectivity index (χ2v) is 9.37. The van der Waals surface area contributed by atoms with Gasteiger partial charge in [-0.25, -0.2) is 0 Å². The van der Waals surface area contributed by atoms with E-state index in [9.17, 15) is 9.59 Å². The van der Waals surface area contributed by atoms with E-state index >= 15 is 0 Å². The Bertz CT molecular complexity index is 1040. The molecular weight excluding hydrogens is 559 g/mol. The largest absolute Gasteiger partial charge is 0.383 e. The molecule has 2 aromatic rings. The van der Waals surface area contributed by atoms with E-state index < -0.39 is 0 Å². The van der Waals surface area contributed by atoms with E-state index in [1.54, 1.807) is 12.1 Å². The van der Waals surface area contributed by atoms with Crippen molar-refractivity contribution in [1.29, 1.82) is 0 Å². The highest BCUT2D eigenvalue weighted by molar-refractivity contribution is 14.1. The van der Waals surface area contributed by atoms with E-state index in [-0.39, 0.29) is 11.6 Å². The number of ketones is 2. The van der Waals surface area contributed by atoms with Crippen molar-refractivity contribution in [3.8, 4) is 0 Å². The van der Waals surface area contributed by atoms with Crippen molar-refractivity contribution < 1.29 is 19.1 Å². The third-order valence-corrected chi connectivity index (χ3v) is 6.86. The van der Waals surface area contributed by atoms with Crippen molar-refractivity contribution in [2.24, 2.45) is 0 Å². The van der Waals surface area contributed by atoms with Gasteiger partial charge in [-0.15, -0.1) is 0 Å². The Kier molecular flexibility index (Phi) is 9.50. The van der Waals surface area contributed by atoms with Crippen LogP contribution in [-0.2, 0) is 9.47 Å². The van der Waals surface area contributed by atoms with E-state index in [4.69, 9.17) is 9.47 Å². The van der Waals surface area contributed by atoms with Crippen molar-refractivity contribution in [2.75, 3.05) is 87.9 Å². The van der Waals surface area contributed by atoms with Crippen LogP contribution in [0.25, 0.3) is 0 Å². The summed E-state index contributed by atoms with van der Waals surface area (Å²) in [6, 6.07) is 10.9. The van der Waals surface area contributed by atoms with Crippen molar-refractivity contribution in [1.82, 2.24) is 9.80 Å². The zero-order valence-corrected chi connectivity index (χ0v) is 22.3. The molecule has 0 unspecified atom stereocenters. The lowest BCUT2D eigenvalue weighted by molar-refractivity contribution is 0.0398. The lowest BCUT2D eigenvalue weighted by atomic mass is 9.82. The Balaban J connectivity index is 1.45. The molecule has 2 aliphatic rings. The fourth-order valence-corrected chi connectivity index (χ4v) is 4.79. The number of hydrogen-bond acceptors (Lipinski definition) is 8. The predicted molar refractivity (Wildman–Crippen MR) is 146 cm³/mol. The first-order valence-corrected chi connectivity index (χ1v) is 13.6. The van der Waals surface area contributed by atoms with Gasteiger partial charge in [0, 0.05) is 68.3 Å². The van der Waals surface area contributed by atoms with Gasteiger partial charge in [0.05, 0.1) is 35.6 Å². The summed E-state index contributed by atoms with van der Waals surface area (Å²) >= 11 is 2.19. The number of benzene rings is 2. The van der Waals surface area contributed by atoms with Gasteiger partial charge in [-0.2, -0.15) is 0 Å². The minimum absolute atomic E-state index is 0.110. The number of ether oxygens (including phenoxy) is 2. The molecule has 4 rings (SSSR count). The summed E-state index contributed by atoms with van der Waals surface area (Å²) in [4.78, 5) is 31.6. The fraction of sp³-hybridized carbons (Fsp3) is 0.462. The van der Waals surface area contributed by atoms with E-state index in [2.05, 4.69) is 43.0 Å². The maximum absolute atomic E-state index is 13.6. The number of carbonyl (C=O) groups is 2. The quantitative estimate of drug-likeness (QED) is 0.189. The predicted octanol–water partition coefficient (Wildman–Crippen LogP) is 2.96. The molecule has 0 radical (unpaired) electrons.